The van der Waals surface area contributed by atoms with Crippen LogP contribution in [0.15, 0.2) is 41.5 Å². The Morgan fingerprint density at radius 2 is 2.05 bits per heavy atom. The van der Waals surface area contributed by atoms with E-state index in [-0.39, 0.29) is 11.6 Å². The van der Waals surface area contributed by atoms with E-state index in [1.165, 1.54) is 4.57 Å². The molecule has 2 aromatic rings. The molecule has 0 saturated carbocycles. The van der Waals surface area contributed by atoms with Crippen LogP contribution >= 0.6 is 0 Å². The third-order valence-corrected chi connectivity index (χ3v) is 2.68. The molecular formula is C13H16N4O2. The van der Waals surface area contributed by atoms with Crippen molar-refractivity contribution in [1.29, 1.82) is 0 Å². The smallest absolute Gasteiger partial charge is 0.326 e. The predicted molar refractivity (Wildman–Crippen MR) is 73.6 cm³/mol. The average Bonchev–Trinajstić information content (AvgIpc) is 2.83. The van der Waals surface area contributed by atoms with Crippen molar-refractivity contribution >= 4 is 11.6 Å². The third kappa shape index (κ3) is 3.32. The molecule has 1 heterocycles. The van der Waals surface area contributed by atoms with Crippen LogP contribution in [0.2, 0.25) is 0 Å². The lowest BCUT2D eigenvalue weighted by Crippen LogP contribution is -2.18. The second kappa shape index (κ2) is 6.01. The quantitative estimate of drug-likeness (QED) is 0.741. The first-order valence-electron chi connectivity index (χ1n) is 6.01. The van der Waals surface area contributed by atoms with Crippen molar-refractivity contribution < 1.29 is 4.79 Å². The minimum absolute atomic E-state index is 0.0408. The lowest BCUT2D eigenvalue weighted by atomic mass is 10.2. The number of hydrogen-bond donors (Lipinski definition) is 3. The second-order valence-electron chi connectivity index (χ2n) is 4.08. The number of imidazole rings is 1. The van der Waals surface area contributed by atoms with Gasteiger partial charge in [0, 0.05) is 31.0 Å². The normalized spacial score (nSPS) is 10.4. The molecule has 100 valence electrons. The molecule has 0 spiro atoms. The third-order valence-electron chi connectivity index (χ3n) is 2.68. The van der Waals surface area contributed by atoms with Crippen molar-refractivity contribution in [1.82, 2.24) is 14.9 Å². The highest BCUT2D eigenvalue weighted by molar-refractivity contribution is 5.90. The Hall–Kier alpha value is -2.34. The molecule has 6 heteroatoms. The van der Waals surface area contributed by atoms with Crippen LogP contribution < -0.4 is 16.3 Å². The summed E-state index contributed by atoms with van der Waals surface area (Å²) in [6, 6.07) is 7.10. The van der Waals surface area contributed by atoms with Gasteiger partial charge in [-0.15, -0.1) is 0 Å². The van der Waals surface area contributed by atoms with E-state index in [2.05, 4.69) is 15.6 Å². The van der Waals surface area contributed by atoms with Crippen molar-refractivity contribution in [2.75, 3.05) is 18.9 Å². The number of rotatable bonds is 5. The summed E-state index contributed by atoms with van der Waals surface area (Å²) in [6.45, 7) is 0.642. The van der Waals surface area contributed by atoms with E-state index < -0.39 is 0 Å². The SMILES string of the molecule is CNCCC(=O)Nc1ccc(-n2cc[nH]c2=O)cc1. The zero-order valence-electron chi connectivity index (χ0n) is 10.6. The molecule has 0 aliphatic heterocycles. The summed E-state index contributed by atoms with van der Waals surface area (Å²) in [4.78, 5) is 25.5. The molecular weight excluding hydrogens is 244 g/mol. The molecule has 1 amide bonds. The van der Waals surface area contributed by atoms with Gasteiger partial charge in [-0.1, -0.05) is 0 Å². The number of anilines is 1. The van der Waals surface area contributed by atoms with Crippen LogP contribution in [0.1, 0.15) is 6.42 Å². The zero-order chi connectivity index (χ0) is 13.7. The maximum atomic E-state index is 11.5. The van der Waals surface area contributed by atoms with Gasteiger partial charge in [0.2, 0.25) is 5.91 Å². The molecule has 0 fully saturated rings. The molecule has 3 N–H and O–H groups in total. The maximum Gasteiger partial charge on any atom is 0.330 e. The van der Waals surface area contributed by atoms with Crippen LogP contribution in [0.3, 0.4) is 0 Å². The van der Waals surface area contributed by atoms with Crippen LogP contribution in [-0.2, 0) is 4.79 Å². The summed E-state index contributed by atoms with van der Waals surface area (Å²) in [6.07, 6.45) is 3.66. The summed E-state index contributed by atoms with van der Waals surface area (Å²) in [7, 11) is 1.80. The number of amides is 1. The number of hydrogen-bond acceptors (Lipinski definition) is 3. The highest BCUT2D eigenvalue weighted by Gasteiger charge is 2.03. The summed E-state index contributed by atoms with van der Waals surface area (Å²) < 4.78 is 1.49. The molecule has 0 aliphatic carbocycles. The number of benzene rings is 1. The molecule has 0 saturated heterocycles. The molecule has 2 rings (SSSR count). The molecule has 19 heavy (non-hydrogen) atoms. The minimum Gasteiger partial charge on any atom is -0.326 e. The summed E-state index contributed by atoms with van der Waals surface area (Å²) in [5, 5.41) is 5.71. The zero-order valence-corrected chi connectivity index (χ0v) is 10.6. The van der Waals surface area contributed by atoms with Gasteiger partial charge in [0.05, 0.1) is 5.69 Å². The van der Waals surface area contributed by atoms with Gasteiger partial charge in [-0.25, -0.2) is 4.79 Å². The molecule has 0 radical (unpaired) electrons. The number of aromatic amines is 1. The average molecular weight is 260 g/mol. The van der Waals surface area contributed by atoms with Gasteiger partial charge < -0.3 is 15.6 Å². The van der Waals surface area contributed by atoms with Gasteiger partial charge >= 0.3 is 5.69 Å². The molecule has 1 aromatic heterocycles. The van der Waals surface area contributed by atoms with E-state index in [0.29, 0.717) is 18.7 Å². The molecule has 1 aromatic carbocycles. The van der Waals surface area contributed by atoms with Crippen molar-refractivity contribution in [3.63, 3.8) is 0 Å². The minimum atomic E-state index is -0.189. The first-order valence-corrected chi connectivity index (χ1v) is 6.01. The Kier molecular flexibility index (Phi) is 4.15. The fourth-order valence-electron chi connectivity index (χ4n) is 1.69. The van der Waals surface area contributed by atoms with Gasteiger partial charge in [0.15, 0.2) is 0 Å². The van der Waals surface area contributed by atoms with Crippen molar-refractivity contribution in [2.45, 2.75) is 6.42 Å². The van der Waals surface area contributed by atoms with Crippen molar-refractivity contribution in [2.24, 2.45) is 0 Å². The molecule has 0 bridgehead atoms. The first-order chi connectivity index (χ1) is 9.20. The number of carbonyl (C=O) groups excluding carboxylic acids is 1. The summed E-state index contributed by atoms with van der Waals surface area (Å²) >= 11 is 0. The van der Waals surface area contributed by atoms with Crippen LogP contribution in [-0.4, -0.2) is 29.1 Å². The number of H-pyrrole nitrogens is 1. The molecule has 0 unspecified atom stereocenters. The Bertz CT molecular complexity index is 598. The number of nitrogens with zero attached hydrogens (tertiary/aromatic N) is 1. The maximum absolute atomic E-state index is 11.5. The van der Waals surface area contributed by atoms with Gasteiger partial charge in [-0.3, -0.25) is 9.36 Å². The highest BCUT2D eigenvalue weighted by Crippen LogP contribution is 2.12. The standard InChI is InChI=1S/C13H16N4O2/c1-14-7-6-12(18)16-10-2-4-11(5-3-10)17-9-8-15-13(17)19/h2-5,8-9,14H,6-7H2,1H3,(H,15,19)(H,16,18). The van der Waals surface area contributed by atoms with Crippen molar-refractivity contribution in [3.05, 3.63) is 47.1 Å². The largest absolute Gasteiger partial charge is 0.330 e. The molecule has 0 aliphatic rings. The monoisotopic (exact) mass is 260 g/mol. The van der Waals surface area contributed by atoms with E-state index in [1.807, 2.05) is 0 Å². The number of carbonyl (C=O) groups is 1. The second-order valence-corrected chi connectivity index (χ2v) is 4.08. The lowest BCUT2D eigenvalue weighted by molar-refractivity contribution is -0.116. The van der Waals surface area contributed by atoms with E-state index in [4.69, 9.17) is 0 Å². The Morgan fingerprint density at radius 3 is 2.63 bits per heavy atom. The van der Waals surface area contributed by atoms with Gasteiger partial charge in [0.25, 0.3) is 0 Å². The van der Waals surface area contributed by atoms with E-state index >= 15 is 0 Å². The molecule has 0 atom stereocenters. The van der Waals surface area contributed by atoms with Gasteiger partial charge in [0.1, 0.15) is 0 Å². The topological polar surface area (TPSA) is 78.9 Å². The Balaban J connectivity index is 2.05. The molecule has 6 nitrogen and oxygen atoms in total. The van der Waals surface area contributed by atoms with E-state index in [1.54, 1.807) is 43.7 Å². The first kappa shape index (κ1) is 13.1. The van der Waals surface area contributed by atoms with Crippen LogP contribution in [0, 0.1) is 0 Å². The highest BCUT2D eigenvalue weighted by atomic mass is 16.2. The van der Waals surface area contributed by atoms with Crippen LogP contribution in [0.4, 0.5) is 5.69 Å². The van der Waals surface area contributed by atoms with E-state index in [9.17, 15) is 9.59 Å². The van der Waals surface area contributed by atoms with Crippen LogP contribution in [0.5, 0.6) is 0 Å². The number of nitrogens with one attached hydrogen (secondary N) is 3. The van der Waals surface area contributed by atoms with Gasteiger partial charge in [-0.05, 0) is 31.3 Å². The van der Waals surface area contributed by atoms with Crippen LogP contribution in [0.25, 0.3) is 5.69 Å². The van der Waals surface area contributed by atoms with E-state index in [0.717, 1.165) is 5.69 Å². The number of aromatic nitrogens is 2. The summed E-state index contributed by atoms with van der Waals surface area (Å²) in [5.41, 5.74) is 1.28. The van der Waals surface area contributed by atoms with Gasteiger partial charge in [-0.2, -0.15) is 0 Å². The lowest BCUT2D eigenvalue weighted by Gasteiger charge is -2.06. The summed E-state index contributed by atoms with van der Waals surface area (Å²) in [5.74, 6) is -0.0408. The predicted octanol–water partition coefficient (Wildman–Crippen LogP) is 0.714. The fourth-order valence-corrected chi connectivity index (χ4v) is 1.69. The Morgan fingerprint density at radius 1 is 1.32 bits per heavy atom. The van der Waals surface area contributed by atoms with Crippen molar-refractivity contribution in [3.8, 4) is 5.69 Å². The Labute approximate surface area is 110 Å². The fraction of sp³-hybridized carbons (Fsp3) is 0.231.